The second kappa shape index (κ2) is 15.2. The number of nitrogens with two attached hydrogens (primary N) is 1. The van der Waals surface area contributed by atoms with Gasteiger partial charge in [-0.3, -0.25) is 4.79 Å². The Hall–Kier alpha value is -2.12. The van der Waals surface area contributed by atoms with E-state index in [1.165, 1.54) is 0 Å². The van der Waals surface area contributed by atoms with Crippen LogP contribution in [0.25, 0.3) is 0 Å². The minimum absolute atomic E-state index is 0. The molecule has 1 amide bonds. The highest BCUT2D eigenvalue weighted by atomic mass is 35.5. The molecular weight excluding hydrogens is 360 g/mol. The third-order valence-electron chi connectivity index (χ3n) is 3.49. The molecule has 7 nitrogen and oxygen atoms in total. The molecule has 8 heteroatoms. The SMILES string of the molecule is C=C(C)C(=O)OCCC(C)(C)[N+](C)(C)C.C=CC(=O)O.C=CC(N)=O.[Cl-]. The number of quaternary nitrogens is 1. The molecule has 0 aromatic carbocycles. The summed E-state index contributed by atoms with van der Waals surface area (Å²) in [6.07, 6.45) is 2.73. The molecule has 152 valence electrons. The first kappa shape index (κ1) is 31.6. The molecule has 0 heterocycles. The number of hydrogen-bond donors (Lipinski definition) is 2. The number of amides is 1. The van der Waals surface area contributed by atoms with Crippen molar-refractivity contribution in [3.05, 3.63) is 37.5 Å². The number of carbonyl (C=O) groups excluding carboxylic acids is 2. The van der Waals surface area contributed by atoms with Gasteiger partial charge in [-0.05, 0) is 26.8 Å². The summed E-state index contributed by atoms with van der Waals surface area (Å²) in [5.74, 6) is -1.76. The van der Waals surface area contributed by atoms with E-state index in [1.807, 2.05) is 0 Å². The fourth-order valence-corrected chi connectivity index (χ4v) is 0.852. The Morgan fingerprint density at radius 1 is 1.15 bits per heavy atom. The fourth-order valence-electron chi connectivity index (χ4n) is 0.852. The number of nitrogens with zero attached hydrogens (tertiary/aromatic N) is 1. The third-order valence-corrected chi connectivity index (χ3v) is 3.49. The average molecular weight is 393 g/mol. The van der Waals surface area contributed by atoms with Crippen molar-refractivity contribution in [2.45, 2.75) is 32.7 Å². The Labute approximate surface area is 163 Å². The van der Waals surface area contributed by atoms with Crippen LogP contribution in [-0.2, 0) is 19.1 Å². The number of primary amides is 1. The maximum Gasteiger partial charge on any atom is 0.333 e. The number of carboxylic acid groups (broad SMARTS) is 1. The quantitative estimate of drug-likeness (QED) is 0.325. The van der Waals surface area contributed by atoms with Gasteiger partial charge in [0, 0.05) is 18.1 Å². The first-order chi connectivity index (χ1) is 11.1. The van der Waals surface area contributed by atoms with E-state index < -0.39 is 11.9 Å². The lowest BCUT2D eigenvalue weighted by Gasteiger charge is -2.41. The van der Waals surface area contributed by atoms with Crippen LogP contribution in [0.4, 0.5) is 0 Å². The number of rotatable bonds is 7. The summed E-state index contributed by atoms with van der Waals surface area (Å²) in [5, 5.41) is 7.60. The molecule has 0 aliphatic carbocycles. The molecule has 3 N–H and O–H groups in total. The predicted molar refractivity (Wildman–Crippen MR) is 99.7 cm³/mol. The molecule has 0 aliphatic rings. The Morgan fingerprint density at radius 3 is 1.69 bits per heavy atom. The second-order valence-electron chi connectivity index (χ2n) is 6.64. The monoisotopic (exact) mass is 392 g/mol. The van der Waals surface area contributed by atoms with Crippen LogP contribution in [0.3, 0.4) is 0 Å². The number of aliphatic carboxylic acids is 1. The molecule has 0 saturated carbocycles. The number of carbonyl (C=O) groups is 3. The van der Waals surface area contributed by atoms with Crippen molar-refractivity contribution in [3.63, 3.8) is 0 Å². The molecule has 26 heavy (non-hydrogen) atoms. The van der Waals surface area contributed by atoms with Gasteiger partial charge in [0.2, 0.25) is 5.91 Å². The van der Waals surface area contributed by atoms with Crippen LogP contribution in [0.5, 0.6) is 0 Å². The highest BCUT2D eigenvalue weighted by Crippen LogP contribution is 2.21. The van der Waals surface area contributed by atoms with Crippen molar-refractivity contribution in [3.8, 4) is 0 Å². The summed E-state index contributed by atoms with van der Waals surface area (Å²) in [6.45, 7) is 16.0. The lowest BCUT2D eigenvalue weighted by Crippen LogP contribution is -3.00. The predicted octanol–water partition coefficient (Wildman–Crippen LogP) is -1.10. The standard InChI is InChI=1S/C12H24NO2.C3H5NO.C3H4O2.ClH/c1-10(2)11(14)15-9-8-12(3,4)13(5,6)7;2*1-2-3(4)5;/h1,8-9H2,2-7H3;2H,1H2,(H2,4,5);2H,1H2,(H,4,5);1H/q+1;;;/p-1. The van der Waals surface area contributed by atoms with Crippen molar-refractivity contribution < 1.29 is 41.1 Å². The van der Waals surface area contributed by atoms with E-state index in [2.05, 4.69) is 60.5 Å². The number of halogens is 1. The zero-order valence-corrected chi connectivity index (χ0v) is 17.4. The summed E-state index contributed by atoms with van der Waals surface area (Å²) >= 11 is 0. The summed E-state index contributed by atoms with van der Waals surface area (Å²) < 4.78 is 5.93. The number of hydrogen-bond acceptors (Lipinski definition) is 4. The van der Waals surface area contributed by atoms with Gasteiger partial charge < -0.3 is 32.5 Å². The molecule has 0 rings (SSSR count). The van der Waals surface area contributed by atoms with Crippen molar-refractivity contribution in [1.82, 2.24) is 0 Å². The van der Waals surface area contributed by atoms with Crippen LogP contribution in [0.15, 0.2) is 37.5 Å². The van der Waals surface area contributed by atoms with Crippen LogP contribution in [0, 0.1) is 0 Å². The first-order valence-corrected chi connectivity index (χ1v) is 7.53. The third kappa shape index (κ3) is 19.9. The van der Waals surface area contributed by atoms with E-state index in [-0.39, 0.29) is 23.9 Å². The van der Waals surface area contributed by atoms with Crippen molar-refractivity contribution in [2.75, 3.05) is 27.7 Å². The molecule has 0 aliphatic heterocycles. The van der Waals surface area contributed by atoms with Gasteiger partial charge in [0.15, 0.2) is 0 Å². The van der Waals surface area contributed by atoms with Gasteiger partial charge in [-0.25, -0.2) is 9.59 Å². The Kier molecular flexibility index (Phi) is 18.4. The molecule has 0 aromatic heterocycles. The molecule has 0 bridgehead atoms. The molecule has 0 spiro atoms. The minimum Gasteiger partial charge on any atom is -1.00 e. The van der Waals surface area contributed by atoms with Crippen molar-refractivity contribution >= 4 is 17.8 Å². The molecule has 0 atom stereocenters. The van der Waals surface area contributed by atoms with Crippen molar-refractivity contribution in [1.29, 1.82) is 0 Å². The highest BCUT2D eigenvalue weighted by molar-refractivity contribution is 5.86. The van der Waals surface area contributed by atoms with Crippen LogP contribution in [0.1, 0.15) is 27.2 Å². The highest BCUT2D eigenvalue weighted by Gasteiger charge is 2.32. The van der Waals surface area contributed by atoms with E-state index in [4.69, 9.17) is 9.84 Å². The van der Waals surface area contributed by atoms with Gasteiger partial charge in [-0.2, -0.15) is 0 Å². The summed E-state index contributed by atoms with van der Waals surface area (Å²) in [4.78, 5) is 29.9. The lowest BCUT2D eigenvalue weighted by atomic mass is 9.97. The molecule has 0 fully saturated rings. The van der Waals surface area contributed by atoms with Crippen LogP contribution in [0.2, 0.25) is 0 Å². The van der Waals surface area contributed by atoms with E-state index in [0.29, 0.717) is 12.2 Å². The largest absolute Gasteiger partial charge is 1.00 e. The molecular formula is C18H33ClN2O5. The normalized spacial score (nSPS) is 9.62. The molecule has 0 aromatic rings. The maximum atomic E-state index is 11.2. The molecule has 0 saturated heterocycles. The zero-order valence-electron chi connectivity index (χ0n) is 16.7. The maximum absolute atomic E-state index is 11.2. The Balaban J connectivity index is -0.000000182. The Morgan fingerprint density at radius 2 is 1.50 bits per heavy atom. The smallest absolute Gasteiger partial charge is 0.333 e. The number of esters is 1. The molecule has 0 unspecified atom stereocenters. The summed E-state index contributed by atoms with van der Waals surface area (Å²) in [6, 6.07) is 0. The average Bonchev–Trinajstić information content (AvgIpc) is 2.46. The molecule has 0 radical (unpaired) electrons. The van der Waals surface area contributed by atoms with Crippen LogP contribution in [-0.4, -0.2) is 60.7 Å². The summed E-state index contributed by atoms with van der Waals surface area (Å²) in [7, 11) is 6.42. The number of ether oxygens (including phenoxy) is 1. The van der Waals surface area contributed by atoms with E-state index >= 15 is 0 Å². The minimum atomic E-state index is -0.981. The van der Waals surface area contributed by atoms with Crippen molar-refractivity contribution in [2.24, 2.45) is 5.73 Å². The Bertz CT molecular complexity index is 476. The van der Waals surface area contributed by atoms with Crippen LogP contribution < -0.4 is 18.1 Å². The fraction of sp³-hybridized carbons (Fsp3) is 0.500. The summed E-state index contributed by atoms with van der Waals surface area (Å²) in [5.41, 5.74) is 5.08. The van der Waals surface area contributed by atoms with Crippen LogP contribution >= 0.6 is 0 Å². The number of carboxylic acids is 1. The topological polar surface area (TPSA) is 107 Å². The first-order valence-electron chi connectivity index (χ1n) is 7.53. The van der Waals surface area contributed by atoms with Gasteiger partial charge in [0.25, 0.3) is 0 Å². The van der Waals surface area contributed by atoms with E-state index in [1.54, 1.807) is 6.92 Å². The van der Waals surface area contributed by atoms with Gasteiger partial charge in [-0.15, -0.1) is 0 Å². The zero-order chi connectivity index (χ0) is 20.8. The van der Waals surface area contributed by atoms with E-state index in [9.17, 15) is 14.4 Å². The van der Waals surface area contributed by atoms with E-state index in [0.717, 1.165) is 23.1 Å². The van der Waals surface area contributed by atoms with Gasteiger partial charge in [0.05, 0.1) is 33.3 Å². The van der Waals surface area contributed by atoms with Gasteiger partial charge in [0.1, 0.15) is 0 Å². The van der Waals surface area contributed by atoms with Gasteiger partial charge >= 0.3 is 11.9 Å². The lowest BCUT2D eigenvalue weighted by molar-refractivity contribution is -0.920. The second-order valence-corrected chi connectivity index (χ2v) is 6.64. The van der Waals surface area contributed by atoms with Gasteiger partial charge in [-0.1, -0.05) is 19.7 Å².